The summed E-state index contributed by atoms with van der Waals surface area (Å²) in [7, 11) is 2.50. The monoisotopic (exact) mass is 268 g/mol. The Morgan fingerprint density at radius 1 is 1.44 bits per heavy atom. The number of rotatable bonds is 5. The summed E-state index contributed by atoms with van der Waals surface area (Å²) in [4.78, 5) is 0. The molecule has 18 heavy (non-hydrogen) atoms. The second-order valence-electron chi connectivity index (χ2n) is 6.39. The van der Waals surface area contributed by atoms with E-state index in [-0.39, 0.29) is 0 Å². The summed E-state index contributed by atoms with van der Waals surface area (Å²) < 4.78 is 6.12. The molecule has 0 N–H and O–H groups in total. The molecule has 104 valence electrons. The first-order valence-corrected chi connectivity index (χ1v) is 10.3. The van der Waals surface area contributed by atoms with Gasteiger partial charge in [-0.05, 0) is 57.8 Å². The fourth-order valence-electron chi connectivity index (χ4n) is 2.37. The van der Waals surface area contributed by atoms with Gasteiger partial charge in [0, 0.05) is 26.2 Å². The van der Waals surface area contributed by atoms with E-state index in [1.807, 2.05) is 19.1 Å². The summed E-state index contributed by atoms with van der Waals surface area (Å²) in [5.41, 5.74) is 1.20. The molecule has 0 fully saturated rings. The number of hydrazone groups is 1. The van der Waals surface area contributed by atoms with Crippen LogP contribution >= 0.6 is 0 Å². The lowest BCUT2D eigenvalue weighted by Gasteiger charge is -2.27. The van der Waals surface area contributed by atoms with Crippen LogP contribution in [0.2, 0.25) is 19.6 Å². The highest BCUT2D eigenvalue weighted by atomic mass is 28.4. The maximum atomic E-state index is 6.12. The van der Waals surface area contributed by atoms with Crippen molar-refractivity contribution in [2.24, 2.45) is 11.0 Å². The average Bonchev–Trinajstić information content (AvgIpc) is 2.13. The Bertz CT molecular complexity index is 329. The molecule has 0 aromatic rings. The molecule has 0 aliphatic heterocycles. The molecule has 1 aliphatic carbocycles. The molecule has 0 heterocycles. The third-order valence-electron chi connectivity index (χ3n) is 2.79. The van der Waals surface area contributed by atoms with E-state index in [1.165, 1.54) is 24.3 Å². The molecule has 0 amide bonds. The summed E-state index contributed by atoms with van der Waals surface area (Å²) in [5.74, 6) is 1.83. The van der Waals surface area contributed by atoms with Gasteiger partial charge in [0.25, 0.3) is 0 Å². The highest BCUT2D eigenvalue weighted by Gasteiger charge is 2.21. The normalized spacial score (nSPS) is 21.6. The van der Waals surface area contributed by atoms with Crippen molar-refractivity contribution >= 4 is 14.0 Å². The van der Waals surface area contributed by atoms with Crippen molar-refractivity contribution in [3.8, 4) is 0 Å². The first kappa shape index (κ1) is 15.3. The van der Waals surface area contributed by atoms with Crippen molar-refractivity contribution in [3.63, 3.8) is 0 Å². The Labute approximate surface area is 113 Å². The van der Waals surface area contributed by atoms with Crippen molar-refractivity contribution in [2.45, 2.75) is 52.2 Å². The van der Waals surface area contributed by atoms with E-state index in [0.717, 1.165) is 12.8 Å². The largest absolute Gasteiger partial charge is 0.548 e. The Balaban J connectivity index is 2.60. The summed E-state index contributed by atoms with van der Waals surface area (Å²) in [5, 5.41) is 6.34. The maximum Gasteiger partial charge on any atom is 0.241 e. The van der Waals surface area contributed by atoms with Crippen LogP contribution in [0.1, 0.15) is 32.6 Å². The van der Waals surface area contributed by atoms with Crippen molar-refractivity contribution in [3.05, 3.63) is 11.8 Å². The van der Waals surface area contributed by atoms with Crippen LogP contribution in [0.25, 0.3) is 0 Å². The Kier molecular flexibility index (Phi) is 5.44. The number of hydrogen-bond donors (Lipinski definition) is 0. The summed E-state index contributed by atoms with van der Waals surface area (Å²) in [6.45, 7) is 8.85. The van der Waals surface area contributed by atoms with Crippen molar-refractivity contribution in [2.75, 3.05) is 14.1 Å². The smallest absolute Gasteiger partial charge is 0.241 e. The Morgan fingerprint density at radius 3 is 2.67 bits per heavy atom. The lowest BCUT2D eigenvalue weighted by Crippen LogP contribution is -2.26. The van der Waals surface area contributed by atoms with Crippen LogP contribution in [0.3, 0.4) is 0 Å². The van der Waals surface area contributed by atoms with E-state index in [4.69, 9.17) is 4.43 Å². The Morgan fingerprint density at radius 2 is 2.11 bits per heavy atom. The molecule has 1 rings (SSSR count). The zero-order chi connectivity index (χ0) is 13.8. The molecule has 0 saturated carbocycles. The standard InChI is InChI=1S/C14H28N2OSi/c1-12(15-16(2)3)10-13-8-7-9-14(11-13)17-18(4,5)6/h11,13H,7-10H2,1-6H3/b15-12+. The molecule has 0 saturated heterocycles. The summed E-state index contributed by atoms with van der Waals surface area (Å²) in [6, 6.07) is 0. The lowest BCUT2D eigenvalue weighted by atomic mass is 9.90. The first-order chi connectivity index (χ1) is 8.26. The van der Waals surface area contributed by atoms with E-state index in [9.17, 15) is 0 Å². The fourth-order valence-corrected chi connectivity index (χ4v) is 3.33. The predicted octanol–water partition coefficient (Wildman–Crippen LogP) is 3.85. The molecular weight excluding hydrogens is 240 g/mol. The average molecular weight is 268 g/mol. The molecule has 1 aliphatic rings. The molecule has 0 radical (unpaired) electrons. The van der Waals surface area contributed by atoms with Gasteiger partial charge >= 0.3 is 0 Å². The SMILES string of the molecule is C/C(CC1C=C(O[Si](C)(C)C)CCC1)=N\N(C)C. The topological polar surface area (TPSA) is 24.8 Å². The van der Waals surface area contributed by atoms with Gasteiger partial charge in [-0.2, -0.15) is 5.10 Å². The molecule has 0 spiro atoms. The molecular formula is C14H28N2OSi. The molecule has 0 aromatic carbocycles. The van der Waals surface area contributed by atoms with Gasteiger partial charge in [-0.3, -0.25) is 0 Å². The minimum absolute atomic E-state index is 0.605. The van der Waals surface area contributed by atoms with E-state index >= 15 is 0 Å². The Hall–Kier alpha value is -0.773. The van der Waals surface area contributed by atoms with Gasteiger partial charge in [-0.1, -0.05) is 0 Å². The summed E-state index contributed by atoms with van der Waals surface area (Å²) >= 11 is 0. The zero-order valence-corrected chi connectivity index (χ0v) is 13.8. The number of nitrogens with zero attached hydrogens (tertiary/aromatic N) is 2. The van der Waals surface area contributed by atoms with Crippen LogP contribution < -0.4 is 0 Å². The number of hydrogen-bond acceptors (Lipinski definition) is 3. The molecule has 1 atom stereocenters. The predicted molar refractivity (Wildman–Crippen MR) is 81.3 cm³/mol. The van der Waals surface area contributed by atoms with Crippen LogP contribution in [0.4, 0.5) is 0 Å². The van der Waals surface area contributed by atoms with Gasteiger partial charge in [-0.15, -0.1) is 0 Å². The quantitative estimate of drug-likeness (QED) is 0.430. The van der Waals surface area contributed by atoms with Crippen molar-refractivity contribution in [1.29, 1.82) is 0 Å². The third kappa shape index (κ3) is 6.24. The second-order valence-corrected chi connectivity index (χ2v) is 10.8. The van der Waals surface area contributed by atoms with Gasteiger partial charge in [0.2, 0.25) is 8.32 Å². The van der Waals surface area contributed by atoms with Crippen molar-refractivity contribution in [1.82, 2.24) is 5.01 Å². The second kappa shape index (κ2) is 6.41. The zero-order valence-electron chi connectivity index (χ0n) is 12.8. The molecule has 0 aromatic heterocycles. The first-order valence-electron chi connectivity index (χ1n) is 6.87. The van der Waals surface area contributed by atoms with Crippen molar-refractivity contribution < 1.29 is 4.43 Å². The minimum atomic E-state index is -1.45. The third-order valence-corrected chi connectivity index (χ3v) is 3.66. The van der Waals surface area contributed by atoms with Crippen LogP contribution in [0.15, 0.2) is 16.9 Å². The van der Waals surface area contributed by atoms with E-state index < -0.39 is 8.32 Å². The molecule has 3 nitrogen and oxygen atoms in total. The van der Waals surface area contributed by atoms with Gasteiger partial charge in [0.05, 0.1) is 5.76 Å². The van der Waals surface area contributed by atoms with Gasteiger partial charge in [-0.25, -0.2) is 0 Å². The fraction of sp³-hybridized carbons (Fsp3) is 0.786. The maximum absolute atomic E-state index is 6.12. The van der Waals surface area contributed by atoms with Crippen LogP contribution in [-0.2, 0) is 4.43 Å². The molecule has 1 unspecified atom stereocenters. The highest BCUT2D eigenvalue weighted by Crippen LogP contribution is 2.28. The lowest BCUT2D eigenvalue weighted by molar-refractivity contribution is 0.359. The van der Waals surface area contributed by atoms with E-state index in [2.05, 4.69) is 37.7 Å². The number of allylic oxidation sites excluding steroid dienone is 2. The van der Waals surface area contributed by atoms with Gasteiger partial charge in [0.15, 0.2) is 0 Å². The molecule has 4 heteroatoms. The highest BCUT2D eigenvalue weighted by molar-refractivity contribution is 6.70. The van der Waals surface area contributed by atoms with Gasteiger partial charge in [0.1, 0.15) is 0 Å². The van der Waals surface area contributed by atoms with Gasteiger partial charge < -0.3 is 9.43 Å². The van der Waals surface area contributed by atoms with Crippen LogP contribution in [0, 0.1) is 5.92 Å². The van der Waals surface area contributed by atoms with E-state index in [1.54, 1.807) is 0 Å². The van der Waals surface area contributed by atoms with E-state index in [0.29, 0.717) is 5.92 Å². The molecule has 0 bridgehead atoms. The van der Waals surface area contributed by atoms with Crippen LogP contribution in [-0.4, -0.2) is 33.1 Å². The van der Waals surface area contributed by atoms with Crippen LogP contribution in [0.5, 0.6) is 0 Å². The minimum Gasteiger partial charge on any atom is -0.548 e. The summed E-state index contributed by atoms with van der Waals surface area (Å²) in [6.07, 6.45) is 7.02.